The molecule has 0 aliphatic heterocycles. The van der Waals surface area contributed by atoms with E-state index in [9.17, 15) is 4.39 Å². The second kappa shape index (κ2) is 8.01. The smallest absolute Gasteiger partial charge is 0.232 e. The highest BCUT2D eigenvalue weighted by molar-refractivity contribution is 7.21. The van der Waals surface area contributed by atoms with E-state index in [1.54, 1.807) is 26.5 Å². The molecule has 0 radical (unpaired) electrons. The number of methoxy groups -OCH3 is 2. The summed E-state index contributed by atoms with van der Waals surface area (Å²) < 4.78 is 32.3. The Labute approximate surface area is 183 Å². The van der Waals surface area contributed by atoms with Crippen molar-refractivity contribution in [2.75, 3.05) is 14.2 Å². The van der Waals surface area contributed by atoms with Gasteiger partial charge in [0.1, 0.15) is 11.1 Å². The van der Waals surface area contributed by atoms with Crippen LogP contribution in [0, 0.1) is 12.7 Å². The minimum absolute atomic E-state index is 0.00124. The number of rotatable bonds is 5. The third-order valence-corrected chi connectivity index (χ3v) is 6.68. The first-order valence-corrected chi connectivity index (χ1v) is 11.0. The minimum Gasteiger partial charge on any atom is -0.485 e. The molecular weight excluding hydrogens is 417 g/mol. The van der Waals surface area contributed by atoms with E-state index in [1.165, 1.54) is 17.4 Å². The van der Waals surface area contributed by atoms with Gasteiger partial charge in [0.2, 0.25) is 5.88 Å². The van der Waals surface area contributed by atoms with Crippen LogP contribution >= 0.6 is 11.3 Å². The van der Waals surface area contributed by atoms with Crippen molar-refractivity contribution in [2.45, 2.75) is 38.4 Å². The highest BCUT2D eigenvalue weighted by Crippen LogP contribution is 2.38. The van der Waals surface area contributed by atoms with Crippen molar-refractivity contribution < 1.29 is 18.6 Å². The Morgan fingerprint density at radius 1 is 1.03 bits per heavy atom. The lowest BCUT2D eigenvalue weighted by molar-refractivity contribution is 0.0213. The van der Waals surface area contributed by atoms with Crippen LogP contribution in [0.3, 0.4) is 0 Å². The van der Waals surface area contributed by atoms with Gasteiger partial charge in [0.15, 0.2) is 11.6 Å². The SMILES string of the molecule is COc1cnc2c(-c3nc4cc(F)c(O[C@@H]5CCC[C@@H]5OC)cc4s3)cc(C)cc2n1. The van der Waals surface area contributed by atoms with Crippen molar-refractivity contribution in [1.29, 1.82) is 0 Å². The summed E-state index contributed by atoms with van der Waals surface area (Å²) in [6, 6.07) is 7.16. The van der Waals surface area contributed by atoms with Crippen molar-refractivity contribution in [3.63, 3.8) is 0 Å². The number of hydrogen-bond donors (Lipinski definition) is 0. The maximum absolute atomic E-state index is 14.8. The van der Waals surface area contributed by atoms with Crippen LogP contribution in [0.2, 0.25) is 0 Å². The van der Waals surface area contributed by atoms with Gasteiger partial charge in [0, 0.05) is 24.8 Å². The largest absolute Gasteiger partial charge is 0.485 e. The summed E-state index contributed by atoms with van der Waals surface area (Å²) in [5, 5.41) is 0.760. The number of ether oxygens (including phenoxy) is 3. The fourth-order valence-electron chi connectivity index (χ4n) is 4.10. The van der Waals surface area contributed by atoms with Gasteiger partial charge in [-0.25, -0.2) is 19.3 Å². The zero-order valence-electron chi connectivity index (χ0n) is 17.5. The average Bonchev–Trinajstić information content (AvgIpc) is 3.39. The number of nitrogens with zero attached hydrogens (tertiary/aromatic N) is 3. The molecule has 2 atom stereocenters. The van der Waals surface area contributed by atoms with Crippen molar-refractivity contribution in [3.05, 3.63) is 41.8 Å². The van der Waals surface area contributed by atoms with E-state index in [-0.39, 0.29) is 18.0 Å². The molecule has 0 bridgehead atoms. The van der Waals surface area contributed by atoms with Crippen LogP contribution < -0.4 is 9.47 Å². The lowest BCUT2D eigenvalue weighted by Gasteiger charge is -2.20. The monoisotopic (exact) mass is 439 g/mol. The van der Waals surface area contributed by atoms with Crippen LogP contribution in [0.4, 0.5) is 4.39 Å². The van der Waals surface area contributed by atoms with Crippen LogP contribution in [-0.4, -0.2) is 41.4 Å². The molecule has 0 unspecified atom stereocenters. The molecule has 1 saturated carbocycles. The second-order valence-electron chi connectivity index (χ2n) is 7.72. The third-order valence-electron chi connectivity index (χ3n) is 5.62. The average molecular weight is 440 g/mol. The molecule has 2 heterocycles. The molecule has 0 spiro atoms. The predicted molar refractivity (Wildman–Crippen MR) is 118 cm³/mol. The summed E-state index contributed by atoms with van der Waals surface area (Å²) in [7, 11) is 3.24. The number of halogens is 1. The Bertz CT molecular complexity index is 1280. The van der Waals surface area contributed by atoms with Gasteiger partial charge in [0.25, 0.3) is 0 Å². The van der Waals surface area contributed by atoms with E-state index in [0.717, 1.165) is 51.1 Å². The molecule has 0 N–H and O–H groups in total. The minimum atomic E-state index is -0.412. The molecule has 2 aromatic carbocycles. The number of thiazole rings is 1. The number of benzene rings is 2. The zero-order valence-corrected chi connectivity index (χ0v) is 18.3. The van der Waals surface area contributed by atoms with Gasteiger partial charge in [-0.2, -0.15) is 0 Å². The molecule has 4 aromatic rings. The summed E-state index contributed by atoms with van der Waals surface area (Å²) >= 11 is 1.48. The van der Waals surface area contributed by atoms with Gasteiger partial charge in [-0.05, 0) is 43.9 Å². The maximum atomic E-state index is 14.8. The van der Waals surface area contributed by atoms with E-state index in [4.69, 9.17) is 14.2 Å². The lowest BCUT2D eigenvalue weighted by Crippen LogP contribution is -2.27. The van der Waals surface area contributed by atoms with Crippen LogP contribution in [0.1, 0.15) is 24.8 Å². The quantitative estimate of drug-likeness (QED) is 0.420. The highest BCUT2D eigenvalue weighted by Gasteiger charge is 2.30. The molecule has 0 saturated heterocycles. The molecule has 0 amide bonds. The molecule has 1 aliphatic rings. The van der Waals surface area contributed by atoms with Crippen molar-refractivity contribution in [2.24, 2.45) is 0 Å². The standard InChI is InChI=1S/C23H22FN3O3S/c1-12-7-13(22-16(8-12)26-21(29-3)11-25-22)23-27-15-9-14(24)19(10-20(15)31-23)30-18-6-4-5-17(18)28-2/h7-11,17-18H,4-6H2,1-3H3/t17-,18+/m0/s1. The van der Waals surface area contributed by atoms with Crippen molar-refractivity contribution in [3.8, 4) is 22.2 Å². The summed E-state index contributed by atoms with van der Waals surface area (Å²) in [5.74, 6) is 0.290. The summed E-state index contributed by atoms with van der Waals surface area (Å²) in [6.45, 7) is 2.00. The molecule has 31 heavy (non-hydrogen) atoms. The first kappa shape index (κ1) is 20.1. The van der Waals surface area contributed by atoms with Gasteiger partial charge in [0.05, 0.1) is 40.7 Å². The molecule has 1 aliphatic carbocycles. The topological polar surface area (TPSA) is 66.4 Å². The third kappa shape index (κ3) is 3.70. The first-order valence-electron chi connectivity index (χ1n) is 10.2. The van der Waals surface area contributed by atoms with Gasteiger partial charge < -0.3 is 14.2 Å². The van der Waals surface area contributed by atoms with Crippen LogP contribution in [0.15, 0.2) is 30.5 Å². The number of aromatic nitrogens is 3. The molecular formula is C23H22FN3O3S. The predicted octanol–water partition coefficient (Wildman–Crippen LogP) is 5.31. The summed E-state index contributed by atoms with van der Waals surface area (Å²) in [4.78, 5) is 13.7. The molecule has 2 aromatic heterocycles. The summed E-state index contributed by atoms with van der Waals surface area (Å²) in [6.07, 6.45) is 4.28. The van der Waals surface area contributed by atoms with Crippen LogP contribution in [0.25, 0.3) is 31.8 Å². The van der Waals surface area contributed by atoms with E-state index in [0.29, 0.717) is 11.4 Å². The fraction of sp³-hybridized carbons (Fsp3) is 0.348. The van der Waals surface area contributed by atoms with Crippen molar-refractivity contribution >= 4 is 32.6 Å². The summed E-state index contributed by atoms with van der Waals surface area (Å²) in [5.41, 5.74) is 3.96. The number of hydrogen-bond acceptors (Lipinski definition) is 7. The zero-order chi connectivity index (χ0) is 21.5. The Morgan fingerprint density at radius 2 is 1.87 bits per heavy atom. The molecule has 1 fully saturated rings. The normalized spacial score (nSPS) is 18.7. The first-order chi connectivity index (χ1) is 15.1. The fourth-order valence-corrected chi connectivity index (χ4v) is 5.10. The van der Waals surface area contributed by atoms with E-state index in [2.05, 4.69) is 15.0 Å². The van der Waals surface area contributed by atoms with Crippen molar-refractivity contribution in [1.82, 2.24) is 15.0 Å². The Balaban J connectivity index is 1.56. The lowest BCUT2D eigenvalue weighted by atomic mass is 10.1. The Kier molecular flexibility index (Phi) is 5.19. The van der Waals surface area contributed by atoms with Gasteiger partial charge in [-0.15, -0.1) is 11.3 Å². The van der Waals surface area contributed by atoms with E-state index >= 15 is 0 Å². The van der Waals surface area contributed by atoms with Gasteiger partial charge in [-0.1, -0.05) is 0 Å². The highest BCUT2D eigenvalue weighted by atomic mass is 32.1. The number of aryl methyl sites for hydroxylation is 1. The molecule has 6 nitrogen and oxygen atoms in total. The molecule has 8 heteroatoms. The van der Waals surface area contributed by atoms with Gasteiger partial charge >= 0.3 is 0 Å². The van der Waals surface area contributed by atoms with Crippen LogP contribution in [-0.2, 0) is 4.74 Å². The second-order valence-corrected chi connectivity index (χ2v) is 8.75. The van der Waals surface area contributed by atoms with Gasteiger partial charge in [-0.3, -0.25) is 0 Å². The Morgan fingerprint density at radius 3 is 2.68 bits per heavy atom. The maximum Gasteiger partial charge on any atom is 0.232 e. The van der Waals surface area contributed by atoms with E-state index in [1.807, 2.05) is 19.1 Å². The molecule has 5 rings (SSSR count). The molecule has 160 valence electrons. The Hall–Kier alpha value is -2.84. The van der Waals surface area contributed by atoms with Crippen LogP contribution in [0.5, 0.6) is 11.6 Å². The van der Waals surface area contributed by atoms with E-state index < -0.39 is 5.82 Å². The number of fused-ring (bicyclic) bond motifs is 2.